The Labute approximate surface area is 148 Å². The molecule has 1 aromatic heterocycles. The molecule has 0 bridgehead atoms. The van der Waals surface area contributed by atoms with Crippen LogP contribution < -0.4 is 0 Å². The highest BCUT2D eigenvalue weighted by Gasteiger charge is 2.39. The molecule has 2 aliphatic rings. The second-order valence-corrected chi connectivity index (χ2v) is 6.95. The molecule has 25 heavy (non-hydrogen) atoms. The van der Waals surface area contributed by atoms with Crippen molar-refractivity contribution in [1.82, 2.24) is 14.9 Å². The van der Waals surface area contributed by atoms with Gasteiger partial charge in [-0.05, 0) is 37.2 Å². The number of likely N-dealkylation sites (tertiary alicyclic amines) is 1. The topological polar surface area (TPSA) is 55.3 Å². The van der Waals surface area contributed by atoms with Crippen molar-refractivity contribution < 1.29 is 9.53 Å². The molecule has 0 spiro atoms. The molecular weight excluding hydrogens is 314 g/mol. The van der Waals surface area contributed by atoms with Crippen LogP contribution in [0.25, 0.3) is 0 Å². The van der Waals surface area contributed by atoms with Gasteiger partial charge in [0, 0.05) is 25.5 Å². The molecule has 2 fully saturated rings. The number of aromatic nitrogens is 2. The van der Waals surface area contributed by atoms with E-state index in [4.69, 9.17) is 4.74 Å². The van der Waals surface area contributed by atoms with Gasteiger partial charge in [0.25, 0.3) is 5.91 Å². The van der Waals surface area contributed by atoms with E-state index in [2.05, 4.69) is 22.1 Å². The predicted octanol–water partition coefficient (Wildman–Crippen LogP) is 2.73. The van der Waals surface area contributed by atoms with Crippen molar-refractivity contribution in [3.63, 3.8) is 0 Å². The quantitative estimate of drug-likeness (QED) is 0.813. The van der Waals surface area contributed by atoms with Crippen LogP contribution in [0.3, 0.4) is 0 Å². The van der Waals surface area contributed by atoms with Crippen molar-refractivity contribution in [1.29, 1.82) is 0 Å². The molecule has 2 heterocycles. The first-order chi connectivity index (χ1) is 12.3. The third-order valence-electron chi connectivity index (χ3n) is 5.06. The van der Waals surface area contributed by atoms with E-state index in [0.29, 0.717) is 12.2 Å². The summed E-state index contributed by atoms with van der Waals surface area (Å²) in [5.74, 6) is 0.675. The summed E-state index contributed by atoms with van der Waals surface area (Å²) in [4.78, 5) is 23.0. The molecule has 0 radical (unpaired) electrons. The summed E-state index contributed by atoms with van der Waals surface area (Å²) < 4.78 is 6.20. The Balaban J connectivity index is 1.52. The zero-order valence-electron chi connectivity index (χ0n) is 14.3. The molecule has 1 aliphatic carbocycles. The van der Waals surface area contributed by atoms with Crippen LogP contribution in [0.5, 0.6) is 0 Å². The summed E-state index contributed by atoms with van der Waals surface area (Å²) in [6.45, 7) is 1.53. The van der Waals surface area contributed by atoms with Gasteiger partial charge in [-0.3, -0.25) is 9.78 Å². The van der Waals surface area contributed by atoms with E-state index in [1.807, 2.05) is 23.1 Å². The van der Waals surface area contributed by atoms with Crippen molar-refractivity contribution >= 4 is 5.91 Å². The SMILES string of the molecule is O=C(c1cnccn1)N1CC[C@@H](OCC2CC2)[C@H]1Cc1ccccc1. The van der Waals surface area contributed by atoms with Gasteiger partial charge >= 0.3 is 0 Å². The molecule has 1 saturated carbocycles. The van der Waals surface area contributed by atoms with Gasteiger partial charge in [0.2, 0.25) is 0 Å². The maximum Gasteiger partial charge on any atom is 0.274 e. The van der Waals surface area contributed by atoms with E-state index in [0.717, 1.165) is 25.4 Å². The molecular formula is C20H23N3O2. The number of carbonyl (C=O) groups is 1. The van der Waals surface area contributed by atoms with Crippen molar-refractivity contribution in [2.45, 2.75) is 37.8 Å². The molecule has 4 rings (SSSR count). The summed E-state index contributed by atoms with van der Waals surface area (Å²) in [5.41, 5.74) is 1.63. The van der Waals surface area contributed by atoms with E-state index in [-0.39, 0.29) is 18.1 Å². The summed E-state index contributed by atoms with van der Waals surface area (Å²) in [6, 6.07) is 10.4. The lowest BCUT2D eigenvalue weighted by molar-refractivity contribution is 0.0198. The van der Waals surface area contributed by atoms with E-state index in [9.17, 15) is 4.79 Å². The van der Waals surface area contributed by atoms with Crippen LogP contribution in [0.4, 0.5) is 0 Å². The van der Waals surface area contributed by atoms with Crippen LogP contribution in [0.15, 0.2) is 48.9 Å². The Kier molecular flexibility index (Phi) is 4.74. The Morgan fingerprint density at radius 2 is 2.00 bits per heavy atom. The molecule has 5 heteroatoms. The second-order valence-electron chi connectivity index (χ2n) is 6.95. The van der Waals surface area contributed by atoms with Gasteiger partial charge in [-0.1, -0.05) is 30.3 Å². The number of hydrogen-bond donors (Lipinski definition) is 0. The molecule has 0 N–H and O–H groups in total. The zero-order valence-corrected chi connectivity index (χ0v) is 14.3. The van der Waals surface area contributed by atoms with Crippen molar-refractivity contribution in [3.8, 4) is 0 Å². The summed E-state index contributed by atoms with van der Waals surface area (Å²) in [6.07, 6.45) is 9.04. The van der Waals surface area contributed by atoms with Crippen molar-refractivity contribution in [2.24, 2.45) is 5.92 Å². The highest BCUT2D eigenvalue weighted by molar-refractivity contribution is 5.92. The van der Waals surface area contributed by atoms with E-state index in [1.165, 1.54) is 18.4 Å². The fourth-order valence-corrected chi connectivity index (χ4v) is 3.47. The fourth-order valence-electron chi connectivity index (χ4n) is 3.47. The minimum absolute atomic E-state index is 0.0495. The molecule has 130 valence electrons. The molecule has 5 nitrogen and oxygen atoms in total. The van der Waals surface area contributed by atoms with Gasteiger partial charge < -0.3 is 9.64 Å². The Morgan fingerprint density at radius 1 is 1.16 bits per heavy atom. The van der Waals surface area contributed by atoms with Gasteiger partial charge in [-0.15, -0.1) is 0 Å². The lowest BCUT2D eigenvalue weighted by Crippen LogP contribution is -2.42. The van der Waals surface area contributed by atoms with Crippen LogP contribution in [0, 0.1) is 5.92 Å². The summed E-state index contributed by atoms with van der Waals surface area (Å²) >= 11 is 0. The average Bonchev–Trinajstić information content (AvgIpc) is 3.42. The van der Waals surface area contributed by atoms with Gasteiger partial charge in [-0.25, -0.2) is 4.98 Å². The van der Waals surface area contributed by atoms with Gasteiger partial charge in [0.15, 0.2) is 0 Å². The molecule has 2 aromatic rings. The number of amides is 1. The van der Waals surface area contributed by atoms with Crippen LogP contribution in [-0.2, 0) is 11.2 Å². The first-order valence-electron chi connectivity index (χ1n) is 9.04. The molecule has 1 aromatic carbocycles. The number of rotatable bonds is 6. The molecule has 1 saturated heterocycles. The van der Waals surface area contributed by atoms with Gasteiger partial charge in [-0.2, -0.15) is 0 Å². The minimum atomic E-state index is -0.0495. The maximum absolute atomic E-state index is 12.9. The van der Waals surface area contributed by atoms with Gasteiger partial charge in [0.05, 0.1) is 18.3 Å². The third kappa shape index (κ3) is 3.87. The smallest absolute Gasteiger partial charge is 0.274 e. The maximum atomic E-state index is 12.9. The molecule has 1 amide bonds. The average molecular weight is 337 g/mol. The van der Waals surface area contributed by atoms with Crippen LogP contribution in [0.2, 0.25) is 0 Å². The minimum Gasteiger partial charge on any atom is -0.376 e. The monoisotopic (exact) mass is 337 g/mol. The molecule has 1 aliphatic heterocycles. The second kappa shape index (κ2) is 7.31. The van der Waals surface area contributed by atoms with Gasteiger partial charge in [0.1, 0.15) is 5.69 Å². The van der Waals surface area contributed by atoms with Crippen LogP contribution in [0.1, 0.15) is 35.3 Å². The Bertz CT molecular complexity index is 703. The molecule has 0 unspecified atom stereocenters. The Hall–Kier alpha value is -2.27. The number of carbonyl (C=O) groups excluding carboxylic acids is 1. The predicted molar refractivity (Wildman–Crippen MR) is 94.1 cm³/mol. The largest absolute Gasteiger partial charge is 0.376 e. The van der Waals surface area contributed by atoms with Crippen molar-refractivity contribution in [2.75, 3.05) is 13.2 Å². The lowest BCUT2D eigenvalue weighted by Gasteiger charge is -2.28. The number of nitrogens with zero attached hydrogens (tertiary/aromatic N) is 3. The highest BCUT2D eigenvalue weighted by Crippen LogP contribution is 2.32. The van der Waals surface area contributed by atoms with E-state index < -0.39 is 0 Å². The Morgan fingerprint density at radius 3 is 2.72 bits per heavy atom. The summed E-state index contributed by atoms with van der Waals surface area (Å²) in [7, 11) is 0. The summed E-state index contributed by atoms with van der Waals surface area (Å²) in [5, 5.41) is 0. The van der Waals surface area contributed by atoms with Crippen LogP contribution in [-0.4, -0.2) is 46.1 Å². The van der Waals surface area contributed by atoms with Crippen LogP contribution >= 0.6 is 0 Å². The molecule has 2 atom stereocenters. The lowest BCUT2D eigenvalue weighted by atomic mass is 10.0. The fraction of sp³-hybridized carbons (Fsp3) is 0.450. The standard InChI is InChI=1S/C20H23N3O2/c24-20(17-13-21-9-10-22-17)23-11-8-19(25-14-16-6-7-16)18(23)12-15-4-2-1-3-5-15/h1-5,9-10,13,16,18-19H,6-8,11-12,14H2/t18-,19-/m1/s1. The highest BCUT2D eigenvalue weighted by atomic mass is 16.5. The zero-order chi connectivity index (χ0) is 17.1. The van der Waals surface area contributed by atoms with E-state index >= 15 is 0 Å². The number of hydrogen-bond acceptors (Lipinski definition) is 4. The number of benzene rings is 1. The first kappa shape index (κ1) is 16.2. The third-order valence-corrected chi connectivity index (χ3v) is 5.06. The van der Waals surface area contributed by atoms with E-state index in [1.54, 1.807) is 18.6 Å². The number of ether oxygens (including phenoxy) is 1. The van der Waals surface area contributed by atoms with Crippen molar-refractivity contribution in [3.05, 3.63) is 60.2 Å². The first-order valence-corrected chi connectivity index (χ1v) is 9.04. The normalized spacial score (nSPS) is 23.0.